The molecule has 0 aromatic heterocycles. The fourth-order valence-corrected chi connectivity index (χ4v) is 3.78. The van der Waals surface area contributed by atoms with Crippen LogP contribution in [0.2, 0.25) is 5.02 Å². The van der Waals surface area contributed by atoms with E-state index in [0.717, 1.165) is 16.8 Å². The highest BCUT2D eigenvalue weighted by molar-refractivity contribution is 6.31. The quantitative estimate of drug-likeness (QED) is 0.537. The molecule has 0 radical (unpaired) electrons. The molecule has 0 spiro atoms. The lowest BCUT2D eigenvalue weighted by Crippen LogP contribution is -2.48. The maximum absolute atomic E-state index is 13.6. The predicted molar refractivity (Wildman–Crippen MR) is 119 cm³/mol. The van der Waals surface area contributed by atoms with Gasteiger partial charge in [0, 0.05) is 21.8 Å². The van der Waals surface area contributed by atoms with E-state index in [1.165, 1.54) is 5.01 Å². The normalized spacial score (nSPS) is 13.6. The number of amides is 1. The minimum absolute atomic E-state index is 0.130. The summed E-state index contributed by atoms with van der Waals surface area (Å²) in [5.41, 5.74) is 1.77. The van der Waals surface area contributed by atoms with Crippen molar-refractivity contribution in [3.63, 3.8) is 0 Å². The Labute approximate surface area is 181 Å². The molecule has 0 unspecified atom stereocenters. The number of fused-ring (bicyclic) bond motifs is 1. The highest BCUT2D eigenvalue weighted by Gasteiger charge is 2.47. The third-order valence-electron chi connectivity index (χ3n) is 5.44. The number of carbonyl (C=O) groups is 2. The Balaban J connectivity index is 2.11. The van der Waals surface area contributed by atoms with Crippen LogP contribution in [0.4, 0.5) is 5.69 Å². The first-order valence-electron chi connectivity index (χ1n) is 10.1. The summed E-state index contributed by atoms with van der Waals surface area (Å²) >= 11 is 6.25. The van der Waals surface area contributed by atoms with E-state index in [0.29, 0.717) is 23.6 Å². The SMILES string of the molecule is CCOC(=O)C(CC)(CC)C(=O)N1CNc2ccc(Cl)cc2C(c2ccccc2)=N1. The van der Waals surface area contributed by atoms with E-state index in [4.69, 9.17) is 21.4 Å². The fourth-order valence-electron chi connectivity index (χ4n) is 3.61. The number of esters is 1. The summed E-state index contributed by atoms with van der Waals surface area (Å²) in [7, 11) is 0. The molecule has 7 heteroatoms. The van der Waals surface area contributed by atoms with Crippen LogP contribution < -0.4 is 5.32 Å². The van der Waals surface area contributed by atoms with E-state index < -0.39 is 11.4 Å². The number of benzene rings is 2. The average Bonchev–Trinajstić information content (AvgIpc) is 2.95. The van der Waals surface area contributed by atoms with E-state index >= 15 is 0 Å². The van der Waals surface area contributed by atoms with Gasteiger partial charge >= 0.3 is 5.97 Å². The molecule has 1 heterocycles. The third-order valence-corrected chi connectivity index (χ3v) is 5.68. The molecule has 0 saturated heterocycles. The number of hydrogen-bond donors (Lipinski definition) is 1. The van der Waals surface area contributed by atoms with Crippen molar-refractivity contribution in [1.29, 1.82) is 0 Å². The highest BCUT2D eigenvalue weighted by Crippen LogP contribution is 2.33. The molecule has 0 saturated carbocycles. The number of nitrogens with one attached hydrogen (secondary N) is 1. The van der Waals surface area contributed by atoms with Gasteiger partial charge in [-0.25, -0.2) is 5.01 Å². The van der Waals surface area contributed by atoms with Crippen molar-refractivity contribution in [3.8, 4) is 0 Å². The molecule has 30 heavy (non-hydrogen) atoms. The summed E-state index contributed by atoms with van der Waals surface area (Å²) in [4.78, 5) is 26.4. The van der Waals surface area contributed by atoms with Gasteiger partial charge in [-0.3, -0.25) is 9.59 Å². The number of ether oxygens (including phenoxy) is 1. The van der Waals surface area contributed by atoms with Gasteiger partial charge in [0.2, 0.25) is 0 Å². The van der Waals surface area contributed by atoms with Crippen molar-refractivity contribution in [2.45, 2.75) is 33.6 Å². The second kappa shape index (κ2) is 9.30. The minimum Gasteiger partial charge on any atom is -0.465 e. The Kier molecular flexibility index (Phi) is 6.77. The van der Waals surface area contributed by atoms with Gasteiger partial charge in [-0.2, -0.15) is 5.10 Å². The van der Waals surface area contributed by atoms with Crippen molar-refractivity contribution in [3.05, 3.63) is 64.7 Å². The van der Waals surface area contributed by atoms with Crippen LogP contribution in [0, 0.1) is 5.41 Å². The van der Waals surface area contributed by atoms with Gasteiger partial charge in [0.25, 0.3) is 5.91 Å². The molecule has 158 valence electrons. The van der Waals surface area contributed by atoms with Crippen LogP contribution >= 0.6 is 11.6 Å². The molecule has 0 aliphatic carbocycles. The predicted octanol–water partition coefficient (Wildman–Crippen LogP) is 4.67. The molecule has 0 fully saturated rings. The molecular formula is C23H26ClN3O3. The second-order valence-corrected chi connectivity index (χ2v) is 7.49. The number of hydrazone groups is 1. The summed E-state index contributed by atoms with van der Waals surface area (Å²) in [6.07, 6.45) is 0.652. The van der Waals surface area contributed by atoms with Crippen LogP contribution in [0.15, 0.2) is 53.6 Å². The first-order chi connectivity index (χ1) is 14.5. The van der Waals surface area contributed by atoms with Gasteiger partial charge in [0.1, 0.15) is 17.8 Å². The van der Waals surface area contributed by atoms with Crippen LogP contribution in [0.3, 0.4) is 0 Å². The van der Waals surface area contributed by atoms with E-state index in [9.17, 15) is 9.59 Å². The van der Waals surface area contributed by atoms with E-state index in [-0.39, 0.29) is 19.2 Å². The summed E-state index contributed by atoms with van der Waals surface area (Å²) < 4.78 is 5.25. The molecule has 2 aromatic carbocycles. The molecule has 1 aliphatic heterocycles. The first-order valence-corrected chi connectivity index (χ1v) is 10.5. The number of halogens is 1. The Hall–Kier alpha value is -2.86. The number of rotatable bonds is 6. The smallest absolute Gasteiger partial charge is 0.321 e. The van der Waals surface area contributed by atoms with Crippen molar-refractivity contribution < 1.29 is 14.3 Å². The first kappa shape index (κ1) is 21.8. The molecule has 1 amide bonds. The highest BCUT2D eigenvalue weighted by atomic mass is 35.5. The van der Waals surface area contributed by atoms with Crippen LogP contribution in [0.25, 0.3) is 0 Å². The third kappa shape index (κ3) is 4.05. The van der Waals surface area contributed by atoms with Crippen LogP contribution in [0.5, 0.6) is 0 Å². The molecule has 1 aliphatic rings. The minimum atomic E-state index is -1.28. The Morgan fingerprint density at radius 2 is 1.83 bits per heavy atom. The Morgan fingerprint density at radius 1 is 1.13 bits per heavy atom. The maximum Gasteiger partial charge on any atom is 0.321 e. The molecule has 2 aromatic rings. The zero-order valence-corrected chi connectivity index (χ0v) is 18.2. The lowest BCUT2D eigenvalue weighted by atomic mass is 9.81. The fraction of sp³-hybridized carbons (Fsp3) is 0.348. The lowest BCUT2D eigenvalue weighted by Gasteiger charge is -2.31. The molecule has 0 bridgehead atoms. The topological polar surface area (TPSA) is 71.0 Å². The van der Waals surface area contributed by atoms with Crippen molar-refractivity contribution in [2.75, 3.05) is 18.6 Å². The van der Waals surface area contributed by atoms with Crippen molar-refractivity contribution >= 4 is 34.9 Å². The summed E-state index contributed by atoms with van der Waals surface area (Å²) in [5, 5.41) is 9.86. The van der Waals surface area contributed by atoms with Gasteiger partial charge in [0.05, 0.1) is 6.61 Å². The molecule has 3 rings (SSSR count). The van der Waals surface area contributed by atoms with E-state index in [1.54, 1.807) is 13.0 Å². The molecule has 0 atom stereocenters. The average molecular weight is 428 g/mol. The zero-order chi connectivity index (χ0) is 21.7. The number of carbonyl (C=O) groups excluding carboxylic acids is 2. The summed E-state index contributed by atoms with van der Waals surface area (Å²) in [5.74, 6) is -0.896. The Bertz CT molecular complexity index is 955. The van der Waals surface area contributed by atoms with Gasteiger partial charge in [-0.05, 0) is 38.0 Å². The monoisotopic (exact) mass is 427 g/mol. The maximum atomic E-state index is 13.6. The van der Waals surface area contributed by atoms with Gasteiger partial charge in [0.15, 0.2) is 0 Å². The molecular weight excluding hydrogens is 402 g/mol. The van der Waals surface area contributed by atoms with Crippen molar-refractivity contribution in [2.24, 2.45) is 10.5 Å². The molecule has 1 N–H and O–H groups in total. The molecule has 6 nitrogen and oxygen atoms in total. The van der Waals surface area contributed by atoms with Crippen LogP contribution in [-0.4, -0.2) is 35.9 Å². The number of hydrogen-bond acceptors (Lipinski definition) is 5. The largest absolute Gasteiger partial charge is 0.465 e. The van der Waals surface area contributed by atoms with Crippen molar-refractivity contribution in [1.82, 2.24) is 5.01 Å². The number of anilines is 1. The van der Waals surface area contributed by atoms with Gasteiger partial charge in [-0.15, -0.1) is 0 Å². The summed E-state index contributed by atoms with van der Waals surface area (Å²) in [6, 6.07) is 15.1. The van der Waals surface area contributed by atoms with Crippen LogP contribution in [-0.2, 0) is 14.3 Å². The zero-order valence-electron chi connectivity index (χ0n) is 17.4. The lowest BCUT2D eigenvalue weighted by molar-refractivity contribution is -0.165. The summed E-state index contributed by atoms with van der Waals surface area (Å²) in [6.45, 7) is 5.72. The van der Waals surface area contributed by atoms with Crippen LogP contribution in [0.1, 0.15) is 44.7 Å². The van der Waals surface area contributed by atoms with E-state index in [2.05, 4.69) is 5.32 Å². The standard InChI is InChI=1S/C23H26ClN3O3/c1-4-23(5-2,22(29)30-6-3)21(28)27-15-25-19-13-12-17(24)14-18(19)20(26-27)16-10-8-7-9-11-16/h7-14,25H,4-6,15H2,1-3H3. The van der Waals surface area contributed by atoms with Gasteiger partial charge in [-0.1, -0.05) is 55.8 Å². The van der Waals surface area contributed by atoms with Gasteiger partial charge < -0.3 is 10.1 Å². The Morgan fingerprint density at radius 3 is 2.47 bits per heavy atom. The van der Waals surface area contributed by atoms with E-state index in [1.807, 2.05) is 56.3 Å². The second-order valence-electron chi connectivity index (χ2n) is 7.05. The number of nitrogens with zero attached hydrogens (tertiary/aromatic N) is 2.